The molecule has 0 aromatic heterocycles. The average Bonchev–Trinajstić information content (AvgIpc) is 2.59. The van der Waals surface area contributed by atoms with Gasteiger partial charge in [0.25, 0.3) is 11.6 Å². The first-order valence-electron chi connectivity index (χ1n) is 7.60. The van der Waals surface area contributed by atoms with Gasteiger partial charge in [0.1, 0.15) is 0 Å². The van der Waals surface area contributed by atoms with Crippen LogP contribution < -0.4 is 0 Å². The Labute approximate surface area is 140 Å². The Morgan fingerprint density at radius 2 is 1.88 bits per heavy atom. The predicted molar refractivity (Wildman–Crippen MR) is 90.9 cm³/mol. The third kappa shape index (κ3) is 4.17. The molecule has 0 radical (unpaired) electrons. The van der Waals surface area contributed by atoms with Crippen LogP contribution >= 0.6 is 0 Å². The Balaban J connectivity index is 2.30. The molecule has 126 valence electrons. The SMILES string of the molecule is COCCN(Cc1ccccc1)C(=O)c1cccc([N+](=O)[O-])c1C. The summed E-state index contributed by atoms with van der Waals surface area (Å²) in [6.45, 7) is 2.83. The fraction of sp³-hybridized carbons (Fsp3) is 0.278. The van der Waals surface area contributed by atoms with Gasteiger partial charge in [-0.1, -0.05) is 36.4 Å². The van der Waals surface area contributed by atoms with Crippen molar-refractivity contribution >= 4 is 11.6 Å². The van der Waals surface area contributed by atoms with Gasteiger partial charge in [-0.15, -0.1) is 0 Å². The molecule has 0 spiro atoms. The van der Waals surface area contributed by atoms with Crippen LogP contribution in [0.4, 0.5) is 5.69 Å². The van der Waals surface area contributed by atoms with Crippen LogP contribution in [0, 0.1) is 17.0 Å². The number of amides is 1. The zero-order valence-electron chi connectivity index (χ0n) is 13.8. The van der Waals surface area contributed by atoms with E-state index in [0.29, 0.717) is 30.8 Å². The third-order valence-electron chi connectivity index (χ3n) is 3.80. The van der Waals surface area contributed by atoms with Gasteiger partial charge in [-0.25, -0.2) is 0 Å². The first kappa shape index (κ1) is 17.6. The predicted octanol–water partition coefficient (Wildman–Crippen LogP) is 3.19. The van der Waals surface area contributed by atoms with E-state index >= 15 is 0 Å². The summed E-state index contributed by atoms with van der Waals surface area (Å²) >= 11 is 0. The van der Waals surface area contributed by atoms with Crippen LogP contribution in [0.2, 0.25) is 0 Å². The maximum atomic E-state index is 12.9. The van der Waals surface area contributed by atoms with E-state index in [2.05, 4.69) is 0 Å². The number of benzene rings is 2. The minimum Gasteiger partial charge on any atom is -0.383 e. The number of nitrogens with zero attached hydrogens (tertiary/aromatic N) is 2. The first-order valence-corrected chi connectivity index (χ1v) is 7.60. The van der Waals surface area contributed by atoms with Crippen molar-refractivity contribution < 1.29 is 14.5 Å². The molecule has 0 atom stereocenters. The van der Waals surface area contributed by atoms with Crippen LogP contribution in [0.15, 0.2) is 48.5 Å². The fourth-order valence-corrected chi connectivity index (χ4v) is 2.48. The molecule has 0 saturated heterocycles. The zero-order valence-corrected chi connectivity index (χ0v) is 13.8. The molecule has 0 aliphatic rings. The highest BCUT2D eigenvalue weighted by atomic mass is 16.6. The van der Waals surface area contributed by atoms with Crippen molar-refractivity contribution in [3.8, 4) is 0 Å². The van der Waals surface area contributed by atoms with Gasteiger partial charge in [-0.2, -0.15) is 0 Å². The third-order valence-corrected chi connectivity index (χ3v) is 3.80. The van der Waals surface area contributed by atoms with Crippen LogP contribution in [-0.2, 0) is 11.3 Å². The van der Waals surface area contributed by atoms with E-state index in [1.807, 2.05) is 30.3 Å². The molecule has 0 fully saturated rings. The van der Waals surface area contributed by atoms with E-state index in [0.717, 1.165) is 5.56 Å². The molecule has 0 bridgehead atoms. The maximum absolute atomic E-state index is 12.9. The maximum Gasteiger partial charge on any atom is 0.273 e. The monoisotopic (exact) mass is 328 g/mol. The van der Waals surface area contributed by atoms with E-state index in [1.165, 1.54) is 12.1 Å². The van der Waals surface area contributed by atoms with Crippen molar-refractivity contribution in [2.45, 2.75) is 13.5 Å². The largest absolute Gasteiger partial charge is 0.383 e. The summed E-state index contributed by atoms with van der Waals surface area (Å²) in [4.78, 5) is 25.2. The summed E-state index contributed by atoms with van der Waals surface area (Å²) in [6, 6.07) is 14.2. The van der Waals surface area contributed by atoms with Crippen LogP contribution in [0.5, 0.6) is 0 Å². The number of nitro benzene ring substituents is 1. The highest BCUT2D eigenvalue weighted by Gasteiger charge is 2.22. The van der Waals surface area contributed by atoms with Gasteiger partial charge >= 0.3 is 0 Å². The summed E-state index contributed by atoms with van der Waals surface area (Å²) in [7, 11) is 1.57. The Morgan fingerprint density at radius 3 is 2.50 bits per heavy atom. The molecule has 0 aliphatic carbocycles. The standard InChI is InChI=1S/C18H20N2O4/c1-14-16(9-6-10-17(14)20(22)23)18(21)19(11-12-24-2)13-15-7-4-3-5-8-15/h3-10H,11-13H2,1-2H3. The summed E-state index contributed by atoms with van der Waals surface area (Å²) in [5, 5.41) is 11.1. The van der Waals surface area contributed by atoms with Gasteiger partial charge in [0.15, 0.2) is 0 Å². The minimum absolute atomic E-state index is 0.0488. The zero-order chi connectivity index (χ0) is 17.5. The molecule has 2 aromatic carbocycles. The van der Waals surface area contributed by atoms with E-state index in [1.54, 1.807) is 25.0 Å². The Hall–Kier alpha value is -2.73. The lowest BCUT2D eigenvalue weighted by atomic mass is 10.1. The van der Waals surface area contributed by atoms with Gasteiger partial charge in [0.2, 0.25) is 0 Å². The minimum atomic E-state index is -0.469. The molecule has 2 aromatic rings. The van der Waals surface area contributed by atoms with Crippen molar-refractivity contribution in [1.82, 2.24) is 4.90 Å². The van der Waals surface area contributed by atoms with Crippen molar-refractivity contribution in [3.63, 3.8) is 0 Å². The van der Waals surface area contributed by atoms with Crippen molar-refractivity contribution in [2.75, 3.05) is 20.3 Å². The Kier molecular flexibility index (Phi) is 6.03. The van der Waals surface area contributed by atoms with Crippen LogP contribution in [0.25, 0.3) is 0 Å². The number of nitro groups is 1. The number of rotatable bonds is 7. The van der Waals surface area contributed by atoms with Gasteiger partial charge in [-0.05, 0) is 18.6 Å². The molecule has 0 saturated carbocycles. The van der Waals surface area contributed by atoms with Crippen LogP contribution in [0.1, 0.15) is 21.5 Å². The van der Waals surface area contributed by atoms with E-state index in [4.69, 9.17) is 4.74 Å². The van der Waals surface area contributed by atoms with Gasteiger partial charge < -0.3 is 9.64 Å². The lowest BCUT2D eigenvalue weighted by Gasteiger charge is -2.23. The van der Waals surface area contributed by atoms with Crippen LogP contribution in [0.3, 0.4) is 0 Å². The molecular formula is C18H20N2O4. The van der Waals surface area contributed by atoms with Crippen molar-refractivity contribution in [2.24, 2.45) is 0 Å². The summed E-state index contributed by atoms with van der Waals surface area (Å²) < 4.78 is 5.09. The van der Waals surface area contributed by atoms with E-state index in [-0.39, 0.29) is 11.6 Å². The smallest absolute Gasteiger partial charge is 0.273 e. The molecule has 1 amide bonds. The average molecular weight is 328 g/mol. The molecule has 0 unspecified atom stereocenters. The summed E-state index contributed by atoms with van der Waals surface area (Å²) in [5.74, 6) is -0.239. The topological polar surface area (TPSA) is 72.7 Å². The molecular weight excluding hydrogens is 308 g/mol. The highest BCUT2D eigenvalue weighted by Crippen LogP contribution is 2.23. The number of hydrogen-bond acceptors (Lipinski definition) is 4. The molecule has 6 nitrogen and oxygen atoms in total. The van der Waals surface area contributed by atoms with Gasteiger partial charge in [0, 0.05) is 37.4 Å². The summed E-state index contributed by atoms with van der Waals surface area (Å²) in [6.07, 6.45) is 0. The normalized spacial score (nSPS) is 10.4. The second-order valence-electron chi connectivity index (χ2n) is 5.41. The first-order chi connectivity index (χ1) is 11.5. The van der Waals surface area contributed by atoms with Crippen molar-refractivity contribution in [1.29, 1.82) is 0 Å². The lowest BCUT2D eigenvalue weighted by Crippen LogP contribution is -2.34. The van der Waals surface area contributed by atoms with E-state index in [9.17, 15) is 14.9 Å². The number of ether oxygens (including phenoxy) is 1. The lowest BCUT2D eigenvalue weighted by molar-refractivity contribution is -0.385. The molecule has 6 heteroatoms. The second-order valence-corrected chi connectivity index (χ2v) is 5.41. The van der Waals surface area contributed by atoms with E-state index < -0.39 is 4.92 Å². The quantitative estimate of drug-likeness (QED) is 0.578. The summed E-state index contributed by atoms with van der Waals surface area (Å²) in [5.41, 5.74) is 1.66. The van der Waals surface area contributed by atoms with Crippen molar-refractivity contribution in [3.05, 3.63) is 75.3 Å². The molecule has 0 aliphatic heterocycles. The number of carbonyl (C=O) groups is 1. The number of carbonyl (C=O) groups excluding carboxylic acids is 1. The fourth-order valence-electron chi connectivity index (χ4n) is 2.48. The number of hydrogen-bond donors (Lipinski definition) is 0. The molecule has 2 rings (SSSR count). The second kappa shape index (κ2) is 8.21. The Bertz CT molecular complexity index is 716. The van der Waals surface area contributed by atoms with Crippen LogP contribution in [-0.4, -0.2) is 36.0 Å². The van der Waals surface area contributed by atoms with Gasteiger partial charge in [-0.3, -0.25) is 14.9 Å². The molecule has 24 heavy (non-hydrogen) atoms. The Morgan fingerprint density at radius 1 is 1.17 bits per heavy atom. The molecule has 0 heterocycles. The van der Waals surface area contributed by atoms with Gasteiger partial charge in [0.05, 0.1) is 11.5 Å². The highest BCUT2D eigenvalue weighted by molar-refractivity contribution is 5.96. The molecule has 0 N–H and O–H groups in total. The number of methoxy groups -OCH3 is 1.